The molecule has 2 amide bonds. The molecule has 4 rings (SSSR count). The Balaban J connectivity index is 1.60. The number of hydrogen-bond donors (Lipinski definition) is 1. The molecule has 0 saturated carbocycles. The van der Waals surface area contributed by atoms with E-state index in [9.17, 15) is 9.59 Å². The average molecular weight is 314 g/mol. The molecule has 0 atom stereocenters. The molecule has 0 aliphatic carbocycles. The van der Waals surface area contributed by atoms with Crippen LogP contribution in [0.25, 0.3) is 0 Å². The highest BCUT2D eigenvalue weighted by atomic mass is 16.2. The summed E-state index contributed by atoms with van der Waals surface area (Å²) < 4.78 is 0. The number of fused-ring (bicyclic) bond motifs is 1. The molecule has 1 heterocycles. The first-order valence-electron chi connectivity index (χ1n) is 7.64. The van der Waals surface area contributed by atoms with Gasteiger partial charge in [0.25, 0.3) is 11.8 Å². The summed E-state index contributed by atoms with van der Waals surface area (Å²) in [6, 6.07) is 23.9. The number of nitrogens with zero attached hydrogens (tertiary/aromatic N) is 1. The number of rotatable bonds is 3. The Labute approximate surface area is 139 Å². The van der Waals surface area contributed by atoms with E-state index in [4.69, 9.17) is 0 Å². The maximum atomic E-state index is 12.5. The maximum Gasteiger partial charge on any atom is 0.266 e. The van der Waals surface area contributed by atoms with Gasteiger partial charge in [-0.2, -0.15) is 0 Å². The number of benzene rings is 3. The van der Waals surface area contributed by atoms with Gasteiger partial charge in [0.15, 0.2) is 0 Å². The lowest BCUT2D eigenvalue weighted by atomic mass is 10.1. The lowest BCUT2D eigenvalue weighted by molar-refractivity contribution is 0.0926. The third kappa shape index (κ3) is 2.34. The number of anilines is 3. The van der Waals surface area contributed by atoms with Crippen molar-refractivity contribution >= 4 is 28.9 Å². The first-order chi connectivity index (χ1) is 11.7. The van der Waals surface area contributed by atoms with Crippen LogP contribution >= 0.6 is 0 Å². The third-order valence-electron chi connectivity index (χ3n) is 3.98. The zero-order valence-corrected chi connectivity index (χ0v) is 12.8. The molecule has 0 unspecified atom stereocenters. The molecule has 3 aromatic carbocycles. The van der Waals surface area contributed by atoms with Gasteiger partial charge in [-0.15, -0.1) is 0 Å². The molecular formula is C20H14N2O2. The van der Waals surface area contributed by atoms with Gasteiger partial charge in [0.05, 0.1) is 16.8 Å². The topological polar surface area (TPSA) is 49.4 Å². The second-order valence-corrected chi connectivity index (χ2v) is 5.53. The molecule has 0 radical (unpaired) electrons. The summed E-state index contributed by atoms with van der Waals surface area (Å²) in [7, 11) is 0. The summed E-state index contributed by atoms with van der Waals surface area (Å²) in [4.78, 5) is 26.2. The molecule has 0 saturated heterocycles. The lowest BCUT2D eigenvalue weighted by Gasteiger charge is -2.15. The highest BCUT2D eigenvalue weighted by Crippen LogP contribution is 2.29. The fourth-order valence-electron chi connectivity index (χ4n) is 2.81. The standard InChI is InChI=1S/C20H14N2O2/c23-19-17-8-4-5-9-18(17)20(24)22(19)16-12-10-15(11-13-16)21-14-6-2-1-3-7-14/h1-13,21H. The van der Waals surface area contributed by atoms with Crippen LogP contribution in [0.15, 0.2) is 78.9 Å². The van der Waals surface area contributed by atoms with Gasteiger partial charge in [0.2, 0.25) is 0 Å². The molecule has 1 aliphatic heterocycles. The molecule has 0 bridgehead atoms. The van der Waals surface area contributed by atoms with Crippen LogP contribution in [0.1, 0.15) is 20.7 Å². The van der Waals surface area contributed by atoms with Crippen molar-refractivity contribution in [1.82, 2.24) is 0 Å². The smallest absolute Gasteiger partial charge is 0.266 e. The second-order valence-electron chi connectivity index (χ2n) is 5.53. The molecule has 1 N–H and O–H groups in total. The van der Waals surface area contributed by atoms with Gasteiger partial charge in [-0.3, -0.25) is 9.59 Å². The summed E-state index contributed by atoms with van der Waals surface area (Å²) in [6.07, 6.45) is 0. The van der Waals surface area contributed by atoms with Gasteiger partial charge in [-0.1, -0.05) is 30.3 Å². The Morgan fingerprint density at radius 2 is 1.08 bits per heavy atom. The quantitative estimate of drug-likeness (QED) is 0.736. The van der Waals surface area contributed by atoms with Crippen LogP contribution in [0.4, 0.5) is 17.1 Å². The van der Waals surface area contributed by atoms with E-state index < -0.39 is 0 Å². The van der Waals surface area contributed by atoms with E-state index in [-0.39, 0.29) is 11.8 Å². The molecular weight excluding hydrogens is 300 g/mol. The van der Waals surface area contributed by atoms with Crippen molar-refractivity contribution in [2.75, 3.05) is 10.2 Å². The largest absolute Gasteiger partial charge is 0.356 e. The van der Waals surface area contributed by atoms with Crippen molar-refractivity contribution in [3.63, 3.8) is 0 Å². The van der Waals surface area contributed by atoms with Gasteiger partial charge >= 0.3 is 0 Å². The van der Waals surface area contributed by atoms with Gasteiger partial charge < -0.3 is 5.32 Å². The number of amides is 2. The first kappa shape index (κ1) is 14.2. The Bertz CT molecular complexity index is 883. The molecule has 116 valence electrons. The zero-order valence-electron chi connectivity index (χ0n) is 12.8. The fourth-order valence-corrected chi connectivity index (χ4v) is 2.81. The van der Waals surface area contributed by atoms with E-state index in [1.54, 1.807) is 36.4 Å². The highest BCUT2D eigenvalue weighted by Gasteiger charge is 2.36. The Kier molecular flexibility index (Phi) is 3.35. The lowest BCUT2D eigenvalue weighted by Crippen LogP contribution is -2.29. The molecule has 4 nitrogen and oxygen atoms in total. The SMILES string of the molecule is O=C1c2ccccc2C(=O)N1c1ccc(Nc2ccccc2)cc1. The number of imide groups is 1. The van der Waals surface area contributed by atoms with Crippen molar-refractivity contribution in [2.24, 2.45) is 0 Å². The van der Waals surface area contributed by atoms with E-state index in [0.717, 1.165) is 11.4 Å². The van der Waals surface area contributed by atoms with Crippen LogP contribution in [0.2, 0.25) is 0 Å². The average Bonchev–Trinajstić information content (AvgIpc) is 2.88. The summed E-state index contributed by atoms with van der Waals surface area (Å²) in [5.74, 6) is -0.557. The molecule has 1 aliphatic rings. The molecule has 0 aromatic heterocycles. The van der Waals surface area contributed by atoms with Crippen LogP contribution in [-0.2, 0) is 0 Å². The summed E-state index contributed by atoms with van der Waals surface area (Å²) >= 11 is 0. The van der Waals surface area contributed by atoms with E-state index >= 15 is 0 Å². The van der Waals surface area contributed by atoms with Gasteiger partial charge in [0.1, 0.15) is 0 Å². The Hall–Kier alpha value is -3.40. The number of para-hydroxylation sites is 1. The monoisotopic (exact) mass is 314 g/mol. The van der Waals surface area contributed by atoms with Gasteiger partial charge in [-0.25, -0.2) is 4.90 Å². The van der Waals surface area contributed by atoms with Crippen molar-refractivity contribution in [1.29, 1.82) is 0 Å². The van der Waals surface area contributed by atoms with Crippen molar-refractivity contribution in [3.05, 3.63) is 90.0 Å². The minimum absolute atomic E-state index is 0.278. The first-order valence-corrected chi connectivity index (χ1v) is 7.64. The van der Waals surface area contributed by atoms with Crippen LogP contribution in [0.3, 0.4) is 0 Å². The van der Waals surface area contributed by atoms with E-state index in [2.05, 4.69) is 5.32 Å². The number of nitrogens with one attached hydrogen (secondary N) is 1. The van der Waals surface area contributed by atoms with Crippen molar-refractivity contribution < 1.29 is 9.59 Å². The summed E-state index contributed by atoms with van der Waals surface area (Å²) in [6.45, 7) is 0. The van der Waals surface area contributed by atoms with E-state index in [1.807, 2.05) is 42.5 Å². The van der Waals surface area contributed by atoms with Crippen LogP contribution in [-0.4, -0.2) is 11.8 Å². The van der Waals surface area contributed by atoms with Crippen LogP contribution in [0.5, 0.6) is 0 Å². The maximum absolute atomic E-state index is 12.5. The van der Waals surface area contributed by atoms with Crippen molar-refractivity contribution in [2.45, 2.75) is 0 Å². The van der Waals surface area contributed by atoms with E-state index in [0.29, 0.717) is 16.8 Å². The third-order valence-corrected chi connectivity index (χ3v) is 3.98. The van der Waals surface area contributed by atoms with Gasteiger partial charge in [-0.05, 0) is 48.5 Å². The highest BCUT2D eigenvalue weighted by molar-refractivity contribution is 6.34. The molecule has 0 fully saturated rings. The van der Waals surface area contributed by atoms with Crippen LogP contribution < -0.4 is 10.2 Å². The Morgan fingerprint density at radius 3 is 1.67 bits per heavy atom. The molecule has 4 heteroatoms. The van der Waals surface area contributed by atoms with Crippen LogP contribution in [0, 0.1) is 0 Å². The normalized spacial score (nSPS) is 13.1. The molecule has 3 aromatic rings. The minimum Gasteiger partial charge on any atom is -0.356 e. The predicted octanol–water partition coefficient (Wildman–Crippen LogP) is 4.23. The fraction of sp³-hybridized carbons (Fsp3) is 0. The zero-order chi connectivity index (χ0) is 16.5. The molecule has 24 heavy (non-hydrogen) atoms. The second kappa shape index (κ2) is 5.66. The number of carbonyl (C=O) groups excluding carboxylic acids is 2. The van der Waals surface area contributed by atoms with E-state index in [1.165, 1.54) is 4.90 Å². The molecule has 0 spiro atoms. The Morgan fingerprint density at radius 1 is 0.583 bits per heavy atom. The summed E-state index contributed by atoms with van der Waals surface area (Å²) in [5.41, 5.74) is 3.34. The van der Waals surface area contributed by atoms with Gasteiger partial charge in [0, 0.05) is 11.4 Å². The summed E-state index contributed by atoms with van der Waals surface area (Å²) in [5, 5.41) is 3.27. The number of hydrogen-bond acceptors (Lipinski definition) is 3. The number of carbonyl (C=O) groups is 2. The van der Waals surface area contributed by atoms with Crippen molar-refractivity contribution in [3.8, 4) is 0 Å². The predicted molar refractivity (Wildman–Crippen MR) is 93.7 cm³/mol. The minimum atomic E-state index is -0.278.